The van der Waals surface area contributed by atoms with Gasteiger partial charge in [-0.3, -0.25) is 0 Å². The summed E-state index contributed by atoms with van der Waals surface area (Å²) in [4.78, 5) is 0. The summed E-state index contributed by atoms with van der Waals surface area (Å²) in [5.74, 6) is 0. The molecule has 0 aliphatic rings. The van der Waals surface area contributed by atoms with Gasteiger partial charge in [-0.05, 0) is 0 Å². The minimum absolute atomic E-state index is 0.832. The van der Waals surface area contributed by atoms with E-state index in [4.69, 9.17) is 11.6 Å². The van der Waals surface area contributed by atoms with Crippen molar-refractivity contribution >= 4 is 40.6 Å². The number of halogens is 1. The standard InChI is InChI=1S/2C6H5.CH2Cl.Pb/c2*1-2-4-6-5-3-1;1-2;/h2*1-5H;1H2;. The van der Waals surface area contributed by atoms with Gasteiger partial charge in [0.15, 0.2) is 0 Å². The first-order chi connectivity index (χ1) is 7.42. The quantitative estimate of drug-likeness (QED) is 0.537. The first kappa shape index (κ1) is 11.1. The third kappa shape index (κ3) is 2.82. The van der Waals surface area contributed by atoms with Gasteiger partial charge in [0.25, 0.3) is 0 Å². The molecule has 0 amide bonds. The number of hydrogen-bond donors (Lipinski definition) is 0. The second kappa shape index (κ2) is 5.66. The topological polar surface area (TPSA) is 0 Å². The Morgan fingerprint density at radius 1 is 0.733 bits per heavy atom. The van der Waals surface area contributed by atoms with Crippen molar-refractivity contribution in [2.75, 3.05) is 3.44 Å². The van der Waals surface area contributed by atoms with Crippen molar-refractivity contribution in [3.05, 3.63) is 60.7 Å². The first-order valence-electron chi connectivity index (χ1n) is 4.94. The minimum atomic E-state index is -1.95. The molecule has 2 rings (SSSR count). The molecule has 15 heavy (non-hydrogen) atoms. The average Bonchev–Trinajstić information content (AvgIpc) is 2.33. The zero-order chi connectivity index (χ0) is 10.5. The van der Waals surface area contributed by atoms with E-state index in [0.29, 0.717) is 0 Å². The number of benzene rings is 2. The molecule has 0 fully saturated rings. The summed E-state index contributed by atoms with van der Waals surface area (Å²) >= 11 is 4.19. The van der Waals surface area contributed by atoms with Gasteiger partial charge in [0.05, 0.1) is 0 Å². The van der Waals surface area contributed by atoms with Crippen molar-refractivity contribution in [2.45, 2.75) is 0 Å². The summed E-state index contributed by atoms with van der Waals surface area (Å²) < 4.78 is 3.81. The predicted octanol–water partition coefficient (Wildman–Crippen LogP) is 2.07. The van der Waals surface area contributed by atoms with Gasteiger partial charge < -0.3 is 0 Å². The maximum absolute atomic E-state index is 6.13. The van der Waals surface area contributed by atoms with E-state index in [1.165, 1.54) is 6.25 Å². The Hall–Kier alpha value is -0.348. The molecule has 0 saturated carbocycles. The van der Waals surface area contributed by atoms with Crippen LogP contribution < -0.4 is 6.25 Å². The van der Waals surface area contributed by atoms with Gasteiger partial charge in [-0.25, -0.2) is 0 Å². The van der Waals surface area contributed by atoms with Crippen LogP contribution in [0.4, 0.5) is 0 Å². The normalized spacial score (nSPS) is 10.5. The van der Waals surface area contributed by atoms with Crippen LogP contribution in [-0.2, 0) is 0 Å². The molecule has 0 saturated heterocycles. The summed E-state index contributed by atoms with van der Waals surface area (Å²) in [5, 5.41) is 0. The molecule has 0 aliphatic heterocycles. The van der Waals surface area contributed by atoms with Crippen molar-refractivity contribution in [1.29, 1.82) is 0 Å². The first-order valence-corrected chi connectivity index (χ1v) is 12.1. The Kier molecular flexibility index (Phi) is 4.21. The molecule has 0 heterocycles. The molecule has 1 radical (unpaired) electrons. The van der Waals surface area contributed by atoms with E-state index in [1.807, 2.05) is 0 Å². The van der Waals surface area contributed by atoms with E-state index in [-0.39, 0.29) is 0 Å². The zero-order valence-corrected chi connectivity index (χ0v) is 13.0. The van der Waals surface area contributed by atoms with Crippen molar-refractivity contribution in [3.8, 4) is 0 Å². The summed E-state index contributed by atoms with van der Waals surface area (Å²) in [6, 6.07) is 21.4. The van der Waals surface area contributed by atoms with Gasteiger partial charge >= 0.3 is 105 Å². The molecule has 0 N–H and O–H groups in total. The Morgan fingerprint density at radius 2 is 1.13 bits per heavy atom. The van der Waals surface area contributed by atoms with Gasteiger partial charge in [-0.1, -0.05) is 0 Å². The van der Waals surface area contributed by atoms with Gasteiger partial charge in [0.2, 0.25) is 0 Å². The second-order valence-electron chi connectivity index (χ2n) is 3.34. The fourth-order valence-electron chi connectivity index (χ4n) is 1.60. The van der Waals surface area contributed by atoms with Crippen LogP contribution >= 0.6 is 11.6 Å². The maximum atomic E-state index is 6.13. The van der Waals surface area contributed by atoms with Crippen LogP contribution in [0.2, 0.25) is 0 Å². The van der Waals surface area contributed by atoms with Gasteiger partial charge in [0.1, 0.15) is 0 Å². The summed E-state index contributed by atoms with van der Waals surface area (Å²) in [5.41, 5.74) is 0. The fraction of sp³-hybridized carbons (Fsp3) is 0.0769. The van der Waals surface area contributed by atoms with Gasteiger partial charge in [-0.2, -0.15) is 0 Å². The van der Waals surface area contributed by atoms with Crippen LogP contribution in [-0.4, -0.2) is 26.1 Å². The Morgan fingerprint density at radius 3 is 1.47 bits per heavy atom. The molecule has 0 atom stereocenters. The third-order valence-electron chi connectivity index (χ3n) is 2.38. The third-order valence-corrected chi connectivity index (χ3v) is 13.8. The summed E-state index contributed by atoms with van der Waals surface area (Å²) in [6.45, 7) is 0. The molecule has 2 heteroatoms. The molecule has 2 aromatic rings. The molecule has 0 bridgehead atoms. The second-order valence-corrected chi connectivity index (χ2v) is 14.9. The van der Waals surface area contributed by atoms with Gasteiger partial charge in [-0.15, -0.1) is 0 Å². The Bertz CT molecular complexity index is 360. The molecule has 0 aromatic heterocycles. The monoisotopic (exact) mass is 411 g/mol. The van der Waals surface area contributed by atoms with E-state index >= 15 is 0 Å². The van der Waals surface area contributed by atoms with Crippen LogP contribution in [0.25, 0.3) is 0 Å². The molecule has 0 aliphatic carbocycles. The van der Waals surface area contributed by atoms with Crippen LogP contribution in [0.15, 0.2) is 60.7 Å². The van der Waals surface area contributed by atoms with Crippen LogP contribution in [0.1, 0.15) is 0 Å². The molecule has 75 valence electrons. The SMILES string of the molecule is Cl[CH2][Pb]([c]1ccccc1)[c]1ccccc1. The summed E-state index contributed by atoms with van der Waals surface area (Å²) in [7, 11) is 0. The molecule has 2 aromatic carbocycles. The van der Waals surface area contributed by atoms with Crippen LogP contribution in [0, 0.1) is 0 Å². The van der Waals surface area contributed by atoms with Crippen LogP contribution in [0.3, 0.4) is 0 Å². The van der Waals surface area contributed by atoms with Crippen molar-refractivity contribution in [3.63, 3.8) is 0 Å². The molecule has 0 unspecified atom stereocenters. The van der Waals surface area contributed by atoms with E-state index in [1.54, 1.807) is 0 Å². The van der Waals surface area contributed by atoms with E-state index in [0.717, 1.165) is 3.44 Å². The van der Waals surface area contributed by atoms with Crippen molar-refractivity contribution < 1.29 is 0 Å². The number of alkyl halides is 1. The molecular formula is C13H12ClPb. The summed E-state index contributed by atoms with van der Waals surface area (Å²) in [6.07, 6.45) is 0. The van der Waals surface area contributed by atoms with Crippen LogP contribution in [0.5, 0.6) is 0 Å². The van der Waals surface area contributed by atoms with E-state index < -0.39 is 22.7 Å². The zero-order valence-electron chi connectivity index (χ0n) is 8.36. The number of hydrogen-bond acceptors (Lipinski definition) is 0. The molecular weight excluding hydrogens is 399 g/mol. The van der Waals surface area contributed by atoms with Gasteiger partial charge in [0, 0.05) is 0 Å². The van der Waals surface area contributed by atoms with Crippen molar-refractivity contribution in [1.82, 2.24) is 0 Å². The van der Waals surface area contributed by atoms with E-state index in [9.17, 15) is 0 Å². The Balaban J connectivity index is 2.34. The predicted molar refractivity (Wildman–Crippen MR) is 68.6 cm³/mol. The van der Waals surface area contributed by atoms with Crippen molar-refractivity contribution in [2.24, 2.45) is 0 Å². The average molecular weight is 411 g/mol. The number of rotatable bonds is 3. The van der Waals surface area contributed by atoms with E-state index in [2.05, 4.69) is 60.7 Å². The Labute approximate surface area is 104 Å². The molecule has 0 spiro atoms. The fourth-order valence-corrected chi connectivity index (χ4v) is 11.4. The molecule has 0 nitrogen and oxygen atoms in total.